The van der Waals surface area contributed by atoms with Crippen LogP contribution in [0.4, 0.5) is 0 Å². The lowest BCUT2D eigenvalue weighted by Gasteiger charge is -2.58. The van der Waals surface area contributed by atoms with E-state index in [-0.39, 0.29) is 6.10 Å². The summed E-state index contributed by atoms with van der Waals surface area (Å²) in [4.78, 5) is 0. The van der Waals surface area contributed by atoms with E-state index in [1.54, 1.807) is 5.57 Å². The molecule has 4 aliphatic rings. The minimum Gasteiger partial charge on any atom is -0.393 e. The SMILES string of the molecule is C[C@H](CS)[C@H]1CC[C@H]2[C@@H]3CC=C4C[C@@H](O)CC[C@]4(C)[C@H]3CC[C@]12C. The van der Waals surface area contributed by atoms with E-state index in [1.165, 1.54) is 38.5 Å². The van der Waals surface area contributed by atoms with Crippen molar-refractivity contribution in [2.45, 2.75) is 78.2 Å². The summed E-state index contributed by atoms with van der Waals surface area (Å²) < 4.78 is 0. The quantitative estimate of drug-likeness (QED) is 0.499. The van der Waals surface area contributed by atoms with Gasteiger partial charge in [-0.05, 0) is 97.5 Å². The van der Waals surface area contributed by atoms with Crippen LogP contribution in [0, 0.1) is 40.4 Å². The fourth-order valence-corrected chi connectivity index (χ4v) is 8.00. The second kappa shape index (κ2) is 6.05. The summed E-state index contributed by atoms with van der Waals surface area (Å²) in [5.74, 6) is 5.37. The van der Waals surface area contributed by atoms with Gasteiger partial charge in [-0.2, -0.15) is 12.6 Å². The highest BCUT2D eigenvalue weighted by atomic mass is 32.1. The summed E-state index contributed by atoms with van der Waals surface area (Å²) in [5.41, 5.74) is 2.54. The van der Waals surface area contributed by atoms with Crippen LogP contribution in [-0.4, -0.2) is 17.0 Å². The van der Waals surface area contributed by atoms with E-state index in [2.05, 4.69) is 39.5 Å². The normalized spacial score (nSPS) is 52.0. The number of fused-ring (bicyclic) bond motifs is 5. The number of aliphatic hydroxyl groups excluding tert-OH is 1. The zero-order chi connectivity index (χ0) is 17.1. The molecule has 0 bridgehead atoms. The van der Waals surface area contributed by atoms with E-state index in [0.717, 1.165) is 48.2 Å². The Hall–Kier alpha value is 0.0500. The second-order valence-electron chi connectivity index (χ2n) is 10.0. The van der Waals surface area contributed by atoms with Crippen molar-refractivity contribution >= 4 is 12.6 Å². The van der Waals surface area contributed by atoms with Gasteiger partial charge < -0.3 is 5.11 Å². The highest BCUT2D eigenvalue weighted by molar-refractivity contribution is 7.80. The molecule has 0 heterocycles. The fraction of sp³-hybridized carbons (Fsp3) is 0.909. The maximum absolute atomic E-state index is 10.1. The van der Waals surface area contributed by atoms with E-state index in [1.807, 2.05) is 0 Å². The number of rotatable bonds is 2. The topological polar surface area (TPSA) is 20.2 Å². The van der Waals surface area contributed by atoms with Gasteiger partial charge in [-0.25, -0.2) is 0 Å². The molecule has 8 atom stereocenters. The molecule has 1 nitrogen and oxygen atoms in total. The van der Waals surface area contributed by atoms with Crippen molar-refractivity contribution in [2.75, 3.05) is 5.75 Å². The van der Waals surface area contributed by atoms with Gasteiger partial charge in [-0.3, -0.25) is 0 Å². The molecule has 3 fully saturated rings. The Morgan fingerprint density at radius 2 is 1.96 bits per heavy atom. The monoisotopic (exact) mass is 348 g/mol. The highest BCUT2D eigenvalue weighted by Crippen LogP contribution is 2.67. The molecule has 1 N–H and O–H groups in total. The standard InChI is InChI=1S/C22H36OS/c1-14(13-24)18-6-7-19-17-5-4-15-12-16(23)8-10-21(15,2)20(17)9-11-22(18,19)3/h4,14,16-20,23-24H,5-13H2,1-3H3/t14-,16+,17+,18-,19+,20+,21+,22-/m1/s1. The Labute approximate surface area is 154 Å². The lowest BCUT2D eigenvalue weighted by Crippen LogP contribution is -2.50. The van der Waals surface area contributed by atoms with Gasteiger partial charge in [0.25, 0.3) is 0 Å². The Morgan fingerprint density at radius 3 is 2.71 bits per heavy atom. The van der Waals surface area contributed by atoms with Crippen LogP contribution in [0.15, 0.2) is 11.6 Å². The number of hydrogen-bond donors (Lipinski definition) is 2. The molecule has 0 amide bonds. The first-order valence-electron chi connectivity index (χ1n) is 10.4. The zero-order valence-corrected chi connectivity index (χ0v) is 16.7. The molecular formula is C22H36OS. The summed E-state index contributed by atoms with van der Waals surface area (Å²) in [6.45, 7) is 7.59. The minimum atomic E-state index is -0.0816. The summed E-state index contributed by atoms with van der Waals surface area (Å²) in [7, 11) is 0. The van der Waals surface area contributed by atoms with Crippen LogP contribution in [0.2, 0.25) is 0 Å². The van der Waals surface area contributed by atoms with Gasteiger partial charge in [0.15, 0.2) is 0 Å². The molecule has 0 aromatic heterocycles. The predicted molar refractivity (Wildman–Crippen MR) is 104 cm³/mol. The van der Waals surface area contributed by atoms with Crippen molar-refractivity contribution in [3.63, 3.8) is 0 Å². The Kier molecular flexibility index (Phi) is 4.40. The minimum absolute atomic E-state index is 0.0816. The highest BCUT2D eigenvalue weighted by Gasteiger charge is 2.58. The molecule has 2 heteroatoms. The van der Waals surface area contributed by atoms with Crippen LogP contribution in [0.3, 0.4) is 0 Å². The van der Waals surface area contributed by atoms with Crippen LogP contribution in [0.1, 0.15) is 72.1 Å². The molecule has 4 rings (SSSR count). The van der Waals surface area contributed by atoms with Crippen LogP contribution in [0.5, 0.6) is 0 Å². The van der Waals surface area contributed by atoms with Crippen molar-refractivity contribution in [3.05, 3.63) is 11.6 Å². The summed E-state index contributed by atoms with van der Waals surface area (Å²) in [6, 6.07) is 0. The Bertz CT molecular complexity index is 528. The van der Waals surface area contributed by atoms with Crippen LogP contribution >= 0.6 is 12.6 Å². The lowest BCUT2D eigenvalue weighted by molar-refractivity contribution is -0.0553. The third kappa shape index (κ3) is 2.38. The smallest absolute Gasteiger partial charge is 0.0577 e. The van der Waals surface area contributed by atoms with Crippen molar-refractivity contribution in [2.24, 2.45) is 40.4 Å². The van der Waals surface area contributed by atoms with Crippen LogP contribution in [-0.2, 0) is 0 Å². The van der Waals surface area contributed by atoms with Gasteiger partial charge in [-0.15, -0.1) is 0 Å². The van der Waals surface area contributed by atoms with Gasteiger partial charge in [0.05, 0.1) is 6.10 Å². The fourth-order valence-electron chi connectivity index (χ4n) is 7.74. The van der Waals surface area contributed by atoms with Gasteiger partial charge in [-0.1, -0.05) is 32.4 Å². The molecule has 3 saturated carbocycles. The zero-order valence-electron chi connectivity index (χ0n) is 15.8. The van der Waals surface area contributed by atoms with Crippen LogP contribution in [0.25, 0.3) is 0 Å². The molecule has 0 saturated heterocycles. The van der Waals surface area contributed by atoms with Crippen molar-refractivity contribution < 1.29 is 5.11 Å². The maximum atomic E-state index is 10.1. The number of aliphatic hydroxyl groups is 1. The first-order valence-corrected chi connectivity index (χ1v) is 11.0. The second-order valence-corrected chi connectivity index (χ2v) is 10.4. The van der Waals surface area contributed by atoms with E-state index >= 15 is 0 Å². The molecule has 0 spiro atoms. The molecule has 136 valence electrons. The summed E-state index contributed by atoms with van der Waals surface area (Å²) in [6.07, 6.45) is 12.6. The third-order valence-corrected chi connectivity index (χ3v) is 9.70. The van der Waals surface area contributed by atoms with Gasteiger partial charge in [0.2, 0.25) is 0 Å². The van der Waals surface area contributed by atoms with Crippen molar-refractivity contribution in [1.29, 1.82) is 0 Å². The van der Waals surface area contributed by atoms with Gasteiger partial charge in [0.1, 0.15) is 0 Å². The predicted octanol–water partition coefficient (Wildman–Crippen LogP) is 5.49. The molecule has 0 aromatic carbocycles. The average molecular weight is 349 g/mol. The molecule has 0 radical (unpaired) electrons. The first kappa shape index (κ1) is 17.5. The largest absolute Gasteiger partial charge is 0.393 e. The Morgan fingerprint density at radius 1 is 1.17 bits per heavy atom. The van der Waals surface area contributed by atoms with E-state index in [0.29, 0.717) is 10.8 Å². The molecular weight excluding hydrogens is 312 g/mol. The molecule has 0 aliphatic heterocycles. The molecule has 0 aromatic rings. The number of hydrogen-bond acceptors (Lipinski definition) is 2. The molecule has 0 unspecified atom stereocenters. The van der Waals surface area contributed by atoms with E-state index in [4.69, 9.17) is 0 Å². The van der Waals surface area contributed by atoms with E-state index < -0.39 is 0 Å². The molecule has 24 heavy (non-hydrogen) atoms. The summed E-state index contributed by atoms with van der Waals surface area (Å²) in [5, 5.41) is 10.1. The first-order chi connectivity index (χ1) is 11.4. The van der Waals surface area contributed by atoms with E-state index in [9.17, 15) is 5.11 Å². The molecule has 4 aliphatic carbocycles. The average Bonchev–Trinajstić information content (AvgIpc) is 2.92. The maximum Gasteiger partial charge on any atom is 0.0577 e. The Balaban J connectivity index is 1.63. The van der Waals surface area contributed by atoms with Gasteiger partial charge in [0, 0.05) is 0 Å². The number of allylic oxidation sites excluding steroid dienone is 1. The van der Waals surface area contributed by atoms with Crippen molar-refractivity contribution in [3.8, 4) is 0 Å². The lowest BCUT2D eigenvalue weighted by atomic mass is 9.47. The van der Waals surface area contributed by atoms with Gasteiger partial charge >= 0.3 is 0 Å². The van der Waals surface area contributed by atoms with Crippen LogP contribution < -0.4 is 0 Å². The van der Waals surface area contributed by atoms with Crippen molar-refractivity contribution in [1.82, 2.24) is 0 Å². The summed E-state index contributed by atoms with van der Waals surface area (Å²) >= 11 is 4.63. The number of thiol groups is 1. The third-order valence-electron chi connectivity index (χ3n) is 9.13.